The van der Waals surface area contributed by atoms with Crippen LogP contribution < -0.4 is 5.14 Å². The number of likely N-dealkylation sites (tertiary alicyclic amines) is 1. The van der Waals surface area contributed by atoms with E-state index in [0.717, 1.165) is 37.9 Å². The molecule has 6 nitrogen and oxygen atoms in total. The summed E-state index contributed by atoms with van der Waals surface area (Å²) in [6.45, 7) is 1.62. The summed E-state index contributed by atoms with van der Waals surface area (Å²) in [4.78, 5) is 16.6. The van der Waals surface area contributed by atoms with Gasteiger partial charge in [-0.1, -0.05) is 24.3 Å². The number of nitrogens with zero attached hydrogens (tertiary/aromatic N) is 2. The number of hydrogen-bond donors (Lipinski definition) is 1. The lowest BCUT2D eigenvalue weighted by Gasteiger charge is -2.36. The summed E-state index contributed by atoms with van der Waals surface area (Å²) in [5, 5.41) is 5.01. The van der Waals surface area contributed by atoms with Crippen LogP contribution in [0.4, 0.5) is 0 Å². The van der Waals surface area contributed by atoms with Crippen LogP contribution in [0.5, 0.6) is 0 Å². The Bertz CT molecular complexity index is 671. The van der Waals surface area contributed by atoms with Gasteiger partial charge in [0.1, 0.15) is 0 Å². The molecule has 1 fully saturated rings. The molecule has 0 spiro atoms. The molecule has 0 saturated carbocycles. The van der Waals surface area contributed by atoms with Crippen LogP contribution in [-0.4, -0.2) is 50.5 Å². The summed E-state index contributed by atoms with van der Waals surface area (Å²) >= 11 is 0. The molecule has 1 atom stereocenters. The maximum Gasteiger partial charge on any atom is 0.223 e. The van der Waals surface area contributed by atoms with Crippen molar-refractivity contribution in [3.63, 3.8) is 0 Å². The van der Waals surface area contributed by atoms with Crippen molar-refractivity contribution in [3.05, 3.63) is 35.4 Å². The van der Waals surface area contributed by atoms with E-state index in [-0.39, 0.29) is 30.5 Å². The number of rotatable bonds is 7. The number of amides is 1. The molecular weight excluding hydrogens is 338 g/mol. The van der Waals surface area contributed by atoms with Crippen molar-refractivity contribution in [2.75, 3.05) is 26.4 Å². The van der Waals surface area contributed by atoms with Crippen molar-refractivity contribution in [2.45, 2.75) is 44.7 Å². The molecule has 2 N–H and O–H groups in total. The van der Waals surface area contributed by atoms with Crippen LogP contribution in [0.1, 0.15) is 49.3 Å². The minimum atomic E-state index is -3.51. The fourth-order valence-corrected chi connectivity index (χ4v) is 3.90. The Kier molecular flexibility index (Phi) is 6.98. The van der Waals surface area contributed by atoms with Crippen LogP contribution in [-0.2, 0) is 21.4 Å². The molecule has 0 aromatic heterocycles. The number of sulfonamides is 1. The van der Waals surface area contributed by atoms with Gasteiger partial charge < -0.3 is 9.80 Å². The third kappa shape index (κ3) is 6.41. The van der Waals surface area contributed by atoms with E-state index in [2.05, 4.69) is 29.2 Å². The number of nitrogens with two attached hydrogens (primary N) is 1. The molecule has 1 heterocycles. The van der Waals surface area contributed by atoms with Crippen LogP contribution in [0, 0.1) is 0 Å². The number of carbonyl (C=O) groups excluding carboxylic acids is 1. The van der Waals surface area contributed by atoms with E-state index in [1.807, 2.05) is 19.0 Å². The Morgan fingerprint density at radius 2 is 1.92 bits per heavy atom. The van der Waals surface area contributed by atoms with Crippen LogP contribution in [0.3, 0.4) is 0 Å². The van der Waals surface area contributed by atoms with Crippen LogP contribution in [0.25, 0.3) is 0 Å². The van der Waals surface area contributed by atoms with Gasteiger partial charge in [-0.2, -0.15) is 0 Å². The number of benzene rings is 1. The second kappa shape index (κ2) is 8.78. The van der Waals surface area contributed by atoms with Gasteiger partial charge >= 0.3 is 0 Å². The fourth-order valence-electron chi connectivity index (χ4n) is 3.36. The van der Waals surface area contributed by atoms with Crippen molar-refractivity contribution in [2.24, 2.45) is 5.14 Å². The lowest BCUT2D eigenvalue weighted by Crippen LogP contribution is -2.38. The van der Waals surface area contributed by atoms with Gasteiger partial charge in [0.05, 0.1) is 11.8 Å². The normalized spacial score (nSPS) is 18.6. The Balaban J connectivity index is 2.03. The zero-order chi connectivity index (χ0) is 18.4. The van der Waals surface area contributed by atoms with Crippen molar-refractivity contribution >= 4 is 15.9 Å². The Hall–Kier alpha value is -1.44. The van der Waals surface area contributed by atoms with Crippen molar-refractivity contribution in [1.29, 1.82) is 0 Å². The average Bonchev–Trinajstić information content (AvgIpc) is 2.54. The molecule has 1 aromatic rings. The van der Waals surface area contributed by atoms with Crippen molar-refractivity contribution < 1.29 is 13.2 Å². The predicted molar refractivity (Wildman–Crippen MR) is 99.3 cm³/mol. The second-order valence-corrected chi connectivity index (χ2v) is 8.78. The molecule has 0 aliphatic carbocycles. The first-order valence-corrected chi connectivity index (χ1v) is 10.5. The van der Waals surface area contributed by atoms with Gasteiger partial charge in [0.15, 0.2) is 0 Å². The van der Waals surface area contributed by atoms with Gasteiger partial charge in [0.2, 0.25) is 15.9 Å². The first-order valence-electron chi connectivity index (χ1n) is 8.80. The Labute approximate surface area is 151 Å². The molecule has 7 heteroatoms. The molecule has 140 valence electrons. The van der Waals surface area contributed by atoms with Crippen LogP contribution in [0.2, 0.25) is 0 Å². The average molecular weight is 368 g/mol. The zero-order valence-electron chi connectivity index (χ0n) is 15.1. The first-order chi connectivity index (χ1) is 11.8. The van der Waals surface area contributed by atoms with E-state index in [1.165, 1.54) is 5.56 Å². The van der Waals surface area contributed by atoms with Gasteiger partial charge in [-0.15, -0.1) is 0 Å². The van der Waals surface area contributed by atoms with Crippen LogP contribution in [0.15, 0.2) is 24.3 Å². The van der Waals surface area contributed by atoms with E-state index in [0.29, 0.717) is 0 Å². The molecule has 1 saturated heterocycles. The summed E-state index contributed by atoms with van der Waals surface area (Å²) in [6, 6.07) is 8.55. The smallest absolute Gasteiger partial charge is 0.223 e. The van der Waals surface area contributed by atoms with E-state index >= 15 is 0 Å². The van der Waals surface area contributed by atoms with Gasteiger partial charge in [0.25, 0.3) is 0 Å². The third-order valence-electron chi connectivity index (χ3n) is 4.51. The summed E-state index contributed by atoms with van der Waals surface area (Å²) in [6.07, 6.45) is 3.56. The molecule has 0 unspecified atom stereocenters. The van der Waals surface area contributed by atoms with Crippen molar-refractivity contribution in [3.8, 4) is 0 Å². The molecule has 0 radical (unpaired) electrons. The largest absolute Gasteiger partial charge is 0.336 e. The standard InChI is InChI=1S/C18H29N3O3S/c1-20(2)14-15-8-10-16(11-9-15)17-6-3-4-12-21(17)18(22)7-5-13-25(19,23)24/h8-11,17H,3-7,12-14H2,1-2H3,(H2,19,23,24)/t17-/m1/s1. The minimum absolute atomic E-state index is 0.0192. The molecule has 1 amide bonds. The highest BCUT2D eigenvalue weighted by Gasteiger charge is 2.27. The summed E-state index contributed by atoms with van der Waals surface area (Å²) in [7, 11) is 0.572. The van der Waals surface area contributed by atoms with Gasteiger partial charge in [-0.05, 0) is 50.9 Å². The maximum atomic E-state index is 12.6. The molecule has 25 heavy (non-hydrogen) atoms. The number of carbonyl (C=O) groups is 1. The van der Waals surface area contributed by atoms with Gasteiger partial charge in [-0.3, -0.25) is 4.79 Å². The van der Waals surface area contributed by atoms with E-state index < -0.39 is 10.0 Å². The maximum absolute atomic E-state index is 12.6. The topological polar surface area (TPSA) is 83.7 Å². The van der Waals surface area contributed by atoms with Crippen molar-refractivity contribution in [1.82, 2.24) is 9.80 Å². The molecule has 2 rings (SSSR count). The zero-order valence-corrected chi connectivity index (χ0v) is 16.0. The summed E-state index contributed by atoms with van der Waals surface area (Å²) in [5.41, 5.74) is 2.40. The fraction of sp³-hybridized carbons (Fsp3) is 0.611. The molecule has 0 bridgehead atoms. The first kappa shape index (κ1) is 19.9. The number of primary sulfonamides is 1. The third-order valence-corrected chi connectivity index (χ3v) is 5.36. The molecule has 1 aliphatic rings. The summed E-state index contributed by atoms with van der Waals surface area (Å²) < 4.78 is 22.1. The number of hydrogen-bond acceptors (Lipinski definition) is 4. The Morgan fingerprint density at radius 3 is 2.52 bits per heavy atom. The summed E-state index contributed by atoms with van der Waals surface area (Å²) in [5.74, 6) is -0.123. The Morgan fingerprint density at radius 1 is 1.24 bits per heavy atom. The van der Waals surface area contributed by atoms with Gasteiger partial charge in [-0.25, -0.2) is 13.6 Å². The lowest BCUT2D eigenvalue weighted by atomic mass is 9.94. The SMILES string of the molecule is CN(C)Cc1ccc([C@H]2CCCCN2C(=O)CCCS(N)(=O)=O)cc1. The quantitative estimate of drug-likeness (QED) is 0.797. The molecule has 1 aromatic carbocycles. The van der Waals surface area contributed by atoms with Gasteiger partial charge in [0, 0.05) is 19.5 Å². The second-order valence-electron chi connectivity index (χ2n) is 7.05. The number of piperidine rings is 1. The van der Waals surface area contributed by atoms with Crippen LogP contribution >= 0.6 is 0 Å². The highest BCUT2D eigenvalue weighted by atomic mass is 32.2. The minimum Gasteiger partial charge on any atom is -0.336 e. The lowest BCUT2D eigenvalue weighted by molar-refractivity contribution is -0.135. The van der Waals surface area contributed by atoms with E-state index in [9.17, 15) is 13.2 Å². The van der Waals surface area contributed by atoms with E-state index in [1.54, 1.807) is 0 Å². The highest BCUT2D eigenvalue weighted by Crippen LogP contribution is 2.31. The molecular formula is C18H29N3O3S. The van der Waals surface area contributed by atoms with E-state index in [4.69, 9.17) is 5.14 Å². The monoisotopic (exact) mass is 367 g/mol. The highest BCUT2D eigenvalue weighted by molar-refractivity contribution is 7.89. The predicted octanol–water partition coefficient (Wildman–Crippen LogP) is 1.87. The molecule has 1 aliphatic heterocycles.